The lowest BCUT2D eigenvalue weighted by Gasteiger charge is -2.35. The molecule has 3 nitrogen and oxygen atoms in total. The van der Waals surface area contributed by atoms with Gasteiger partial charge in [-0.05, 0) is 24.7 Å². The smallest absolute Gasteiger partial charge is 0.0847 e. The molecular weight excluding hydrogens is 258 g/mol. The molecule has 4 heteroatoms. The molecule has 1 N–H and O–H groups in total. The minimum atomic E-state index is 0.175. The number of rotatable bonds is 6. The highest BCUT2D eigenvalue weighted by Gasteiger charge is 2.31. The van der Waals surface area contributed by atoms with Gasteiger partial charge in [-0.1, -0.05) is 46.2 Å². The van der Waals surface area contributed by atoms with Crippen molar-refractivity contribution >= 4 is 11.6 Å². The summed E-state index contributed by atoms with van der Waals surface area (Å²) in [7, 11) is 1.98. The van der Waals surface area contributed by atoms with Crippen LogP contribution in [-0.2, 0) is 13.5 Å². The normalized spacial score (nSPS) is 15.3. The van der Waals surface area contributed by atoms with Crippen molar-refractivity contribution in [2.75, 3.05) is 6.54 Å². The van der Waals surface area contributed by atoms with Crippen LogP contribution >= 0.6 is 11.6 Å². The molecule has 0 saturated carbocycles. The van der Waals surface area contributed by atoms with E-state index in [0.717, 1.165) is 29.4 Å². The van der Waals surface area contributed by atoms with Gasteiger partial charge in [-0.25, -0.2) is 0 Å². The summed E-state index contributed by atoms with van der Waals surface area (Å²) in [6, 6.07) is 0.502. The maximum Gasteiger partial charge on any atom is 0.0847 e. The zero-order chi connectivity index (χ0) is 14.8. The van der Waals surface area contributed by atoms with Crippen LogP contribution in [0.2, 0.25) is 5.02 Å². The minimum Gasteiger partial charge on any atom is -0.314 e. The van der Waals surface area contributed by atoms with Gasteiger partial charge in [0.15, 0.2) is 0 Å². The third kappa shape index (κ3) is 3.96. The van der Waals surface area contributed by atoms with Gasteiger partial charge in [-0.2, -0.15) is 5.10 Å². The zero-order valence-electron chi connectivity index (χ0n) is 13.3. The van der Waals surface area contributed by atoms with E-state index >= 15 is 0 Å². The average molecular weight is 286 g/mol. The van der Waals surface area contributed by atoms with Crippen LogP contribution in [0.3, 0.4) is 0 Å². The van der Waals surface area contributed by atoms with E-state index in [1.165, 1.54) is 0 Å². The number of hydrogen-bond donors (Lipinski definition) is 1. The summed E-state index contributed by atoms with van der Waals surface area (Å²) in [5, 5.41) is 8.79. The Labute approximate surface area is 122 Å². The Morgan fingerprint density at radius 2 is 1.89 bits per heavy atom. The topological polar surface area (TPSA) is 29.9 Å². The number of aromatic nitrogens is 2. The van der Waals surface area contributed by atoms with Crippen LogP contribution in [0.5, 0.6) is 0 Å². The highest BCUT2D eigenvalue weighted by Crippen LogP contribution is 2.34. The van der Waals surface area contributed by atoms with E-state index in [2.05, 4.69) is 45.0 Å². The number of hydrogen-bond acceptors (Lipinski definition) is 2. The Morgan fingerprint density at radius 3 is 2.26 bits per heavy atom. The molecule has 1 rings (SSSR count). The van der Waals surface area contributed by atoms with Gasteiger partial charge in [-0.15, -0.1) is 0 Å². The van der Waals surface area contributed by atoms with E-state index in [4.69, 9.17) is 11.6 Å². The van der Waals surface area contributed by atoms with Crippen molar-refractivity contribution in [3.8, 4) is 0 Å². The third-order valence-electron chi connectivity index (χ3n) is 4.14. The lowest BCUT2D eigenvalue weighted by molar-refractivity contribution is 0.198. The van der Waals surface area contributed by atoms with Crippen molar-refractivity contribution in [2.24, 2.45) is 18.4 Å². The fraction of sp³-hybridized carbons (Fsp3) is 0.800. The van der Waals surface area contributed by atoms with Crippen molar-refractivity contribution < 1.29 is 0 Å². The van der Waals surface area contributed by atoms with Gasteiger partial charge in [0.2, 0.25) is 0 Å². The van der Waals surface area contributed by atoms with Gasteiger partial charge < -0.3 is 5.32 Å². The van der Waals surface area contributed by atoms with Crippen molar-refractivity contribution in [1.29, 1.82) is 0 Å². The molecule has 0 radical (unpaired) electrons. The van der Waals surface area contributed by atoms with E-state index in [-0.39, 0.29) is 5.41 Å². The van der Waals surface area contributed by atoms with Crippen LogP contribution in [0.1, 0.15) is 46.0 Å². The molecule has 0 aliphatic rings. The van der Waals surface area contributed by atoms with Crippen molar-refractivity contribution in [1.82, 2.24) is 15.1 Å². The maximum absolute atomic E-state index is 6.38. The van der Waals surface area contributed by atoms with Crippen molar-refractivity contribution in [2.45, 2.75) is 54.0 Å². The lowest BCUT2D eigenvalue weighted by Crippen LogP contribution is -2.41. The van der Waals surface area contributed by atoms with E-state index in [0.29, 0.717) is 12.0 Å². The molecule has 0 bridgehead atoms. The predicted octanol–water partition coefficient (Wildman–Crippen LogP) is 3.58. The first kappa shape index (κ1) is 16.5. The molecule has 0 saturated heterocycles. The Bertz CT molecular complexity index is 423. The maximum atomic E-state index is 6.38. The predicted molar refractivity (Wildman–Crippen MR) is 82.7 cm³/mol. The van der Waals surface area contributed by atoms with Crippen LogP contribution in [0, 0.1) is 18.3 Å². The van der Waals surface area contributed by atoms with Crippen molar-refractivity contribution in [3.05, 3.63) is 16.4 Å². The summed E-state index contributed by atoms with van der Waals surface area (Å²) in [5.74, 6) is 0.574. The second kappa shape index (κ2) is 6.27. The van der Waals surface area contributed by atoms with Crippen LogP contribution in [-0.4, -0.2) is 22.4 Å². The highest BCUT2D eigenvalue weighted by atomic mass is 35.5. The van der Waals surface area contributed by atoms with E-state index in [1.807, 2.05) is 18.7 Å². The first-order valence-corrected chi connectivity index (χ1v) is 7.46. The van der Waals surface area contributed by atoms with Gasteiger partial charge in [-0.3, -0.25) is 4.68 Å². The monoisotopic (exact) mass is 285 g/mol. The lowest BCUT2D eigenvalue weighted by atomic mass is 9.75. The van der Waals surface area contributed by atoms with Gasteiger partial charge in [0, 0.05) is 19.6 Å². The third-order valence-corrected chi connectivity index (χ3v) is 4.63. The fourth-order valence-electron chi connectivity index (χ4n) is 2.16. The first-order chi connectivity index (χ1) is 8.67. The largest absolute Gasteiger partial charge is 0.314 e. The van der Waals surface area contributed by atoms with E-state index in [9.17, 15) is 0 Å². The molecule has 0 aromatic carbocycles. The molecule has 1 unspecified atom stereocenters. The standard InChI is InChI=1S/C15H28ClN3/c1-10(2)15(6,9-17-11(3)4)8-13-14(16)12(5)18-19(13)7/h10-11,17H,8-9H2,1-7H3. The summed E-state index contributed by atoms with van der Waals surface area (Å²) in [6.45, 7) is 14.2. The Morgan fingerprint density at radius 1 is 1.32 bits per heavy atom. The quantitative estimate of drug-likeness (QED) is 0.866. The molecule has 19 heavy (non-hydrogen) atoms. The van der Waals surface area contributed by atoms with Crippen LogP contribution in [0.25, 0.3) is 0 Å². The second-order valence-electron chi connectivity index (χ2n) is 6.49. The zero-order valence-corrected chi connectivity index (χ0v) is 14.1. The van der Waals surface area contributed by atoms with Crippen LogP contribution in [0.15, 0.2) is 0 Å². The molecule has 0 fully saturated rings. The average Bonchev–Trinajstić information content (AvgIpc) is 2.53. The van der Waals surface area contributed by atoms with E-state index < -0.39 is 0 Å². The number of halogens is 1. The van der Waals surface area contributed by atoms with Gasteiger partial charge >= 0.3 is 0 Å². The summed E-state index contributed by atoms with van der Waals surface area (Å²) in [5.41, 5.74) is 2.23. The molecular formula is C15H28ClN3. The highest BCUT2D eigenvalue weighted by molar-refractivity contribution is 6.31. The molecule has 110 valence electrons. The summed E-state index contributed by atoms with van der Waals surface area (Å²) in [4.78, 5) is 0. The first-order valence-electron chi connectivity index (χ1n) is 7.08. The molecule has 1 aromatic heterocycles. The molecule has 0 amide bonds. The molecule has 0 aliphatic carbocycles. The SMILES string of the molecule is Cc1nn(C)c(CC(C)(CNC(C)C)C(C)C)c1Cl. The Kier molecular flexibility index (Phi) is 5.45. The summed E-state index contributed by atoms with van der Waals surface area (Å²) >= 11 is 6.38. The molecule has 1 atom stereocenters. The van der Waals surface area contributed by atoms with Crippen LogP contribution in [0.4, 0.5) is 0 Å². The number of nitrogens with zero attached hydrogens (tertiary/aromatic N) is 2. The van der Waals surface area contributed by atoms with Gasteiger partial charge in [0.25, 0.3) is 0 Å². The Hall–Kier alpha value is -0.540. The molecule has 1 heterocycles. The second-order valence-corrected chi connectivity index (χ2v) is 6.87. The molecule has 0 spiro atoms. The molecule has 1 aromatic rings. The van der Waals surface area contributed by atoms with E-state index in [1.54, 1.807) is 0 Å². The fourth-order valence-corrected chi connectivity index (χ4v) is 2.39. The van der Waals surface area contributed by atoms with Crippen molar-refractivity contribution in [3.63, 3.8) is 0 Å². The van der Waals surface area contributed by atoms with Gasteiger partial charge in [0.1, 0.15) is 0 Å². The number of aryl methyl sites for hydroxylation is 2. The summed E-state index contributed by atoms with van der Waals surface area (Å²) in [6.07, 6.45) is 0.945. The number of nitrogens with one attached hydrogen (secondary N) is 1. The molecule has 0 aliphatic heterocycles. The van der Waals surface area contributed by atoms with Crippen LogP contribution < -0.4 is 5.32 Å². The Balaban J connectivity index is 2.95. The minimum absolute atomic E-state index is 0.175. The summed E-state index contributed by atoms with van der Waals surface area (Å²) < 4.78 is 1.92. The van der Waals surface area contributed by atoms with Gasteiger partial charge in [0.05, 0.1) is 16.4 Å².